The summed E-state index contributed by atoms with van der Waals surface area (Å²) in [5, 5.41) is 0. The molecule has 2 nitrogen and oxygen atoms in total. The molecule has 12 heavy (non-hydrogen) atoms. The number of amides is 1. The summed E-state index contributed by atoms with van der Waals surface area (Å²) in [5.41, 5.74) is 0. The van der Waals surface area contributed by atoms with Crippen LogP contribution in [0.1, 0.15) is 40.5 Å². The molecule has 1 aliphatic carbocycles. The third kappa shape index (κ3) is 1.99. The molecule has 0 aliphatic heterocycles. The van der Waals surface area contributed by atoms with Crippen LogP contribution in [0.15, 0.2) is 0 Å². The molecule has 0 atom stereocenters. The Kier molecular flexibility index (Phi) is 2.76. The normalized spacial score (nSPS) is 17.2. The number of hydrogen-bond donors (Lipinski definition) is 0. The van der Waals surface area contributed by atoms with E-state index < -0.39 is 0 Å². The van der Waals surface area contributed by atoms with Crippen LogP contribution in [0.25, 0.3) is 0 Å². The molecule has 1 aliphatic rings. The van der Waals surface area contributed by atoms with E-state index in [2.05, 4.69) is 13.8 Å². The van der Waals surface area contributed by atoms with Crippen molar-refractivity contribution < 1.29 is 4.79 Å². The number of carbonyl (C=O) groups excluding carboxylic acids is 1. The van der Waals surface area contributed by atoms with E-state index in [0.717, 1.165) is 0 Å². The van der Waals surface area contributed by atoms with Gasteiger partial charge in [-0.2, -0.15) is 0 Å². The fraction of sp³-hybridized carbons (Fsp3) is 0.900. The van der Waals surface area contributed by atoms with Crippen LogP contribution < -0.4 is 0 Å². The van der Waals surface area contributed by atoms with Gasteiger partial charge in [0.15, 0.2) is 0 Å². The number of hydrogen-bond acceptors (Lipinski definition) is 1. The zero-order chi connectivity index (χ0) is 9.30. The Morgan fingerprint density at radius 1 is 1.25 bits per heavy atom. The maximum atomic E-state index is 11.7. The average Bonchev–Trinajstić information content (AvgIpc) is 2.70. The van der Waals surface area contributed by atoms with E-state index in [0.29, 0.717) is 18.0 Å². The first-order chi connectivity index (χ1) is 5.54. The molecule has 0 spiro atoms. The molecular formula is C10H19NO. The summed E-state index contributed by atoms with van der Waals surface area (Å²) in [7, 11) is 0. The summed E-state index contributed by atoms with van der Waals surface area (Å²) in [6, 6.07) is 0.923. The van der Waals surface area contributed by atoms with Gasteiger partial charge in [-0.1, -0.05) is 13.8 Å². The first kappa shape index (κ1) is 9.56. The Hall–Kier alpha value is -0.530. The van der Waals surface area contributed by atoms with Gasteiger partial charge in [-0.3, -0.25) is 4.79 Å². The number of carbonyl (C=O) groups is 1. The van der Waals surface area contributed by atoms with Crippen molar-refractivity contribution in [3.05, 3.63) is 0 Å². The highest BCUT2D eigenvalue weighted by Gasteiger charge is 2.34. The van der Waals surface area contributed by atoms with Crippen LogP contribution in [0.3, 0.4) is 0 Å². The quantitative estimate of drug-likeness (QED) is 0.633. The molecule has 0 unspecified atom stereocenters. The molecule has 1 rings (SSSR count). The fourth-order valence-electron chi connectivity index (χ4n) is 1.51. The monoisotopic (exact) mass is 169 g/mol. The molecule has 0 bridgehead atoms. The van der Waals surface area contributed by atoms with Crippen LogP contribution >= 0.6 is 0 Å². The van der Waals surface area contributed by atoms with Gasteiger partial charge in [0.25, 0.3) is 0 Å². The molecule has 1 saturated carbocycles. The highest BCUT2D eigenvalue weighted by Crippen LogP contribution is 2.29. The maximum Gasteiger partial charge on any atom is 0.225 e. The van der Waals surface area contributed by atoms with Crippen molar-refractivity contribution in [1.29, 1.82) is 0 Å². The lowest BCUT2D eigenvalue weighted by Gasteiger charge is -2.28. The van der Waals surface area contributed by atoms with Crippen molar-refractivity contribution in [2.45, 2.75) is 52.6 Å². The van der Waals surface area contributed by atoms with Crippen molar-refractivity contribution >= 4 is 5.91 Å². The van der Waals surface area contributed by atoms with Crippen molar-refractivity contribution in [2.75, 3.05) is 0 Å². The van der Waals surface area contributed by atoms with E-state index in [1.165, 1.54) is 12.8 Å². The first-order valence-corrected chi connectivity index (χ1v) is 4.86. The molecule has 0 heterocycles. The fourth-order valence-corrected chi connectivity index (χ4v) is 1.51. The molecule has 0 aromatic heterocycles. The summed E-state index contributed by atoms with van der Waals surface area (Å²) in [6.07, 6.45) is 2.41. The number of rotatable bonds is 3. The van der Waals surface area contributed by atoms with E-state index in [4.69, 9.17) is 0 Å². The maximum absolute atomic E-state index is 11.7. The van der Waals surface area contributed by atoms with Crippen LogP contribution in [0.4, 0.5) is 0 Å². The van der Waals surface area contributed by atoms with Gasteiger partial charge in [0.2, 0.25) is 5.91 Å². The van der Waals surface area contributed by atoms with Gasteiger partial charge in [-0.05, 0) is 26.7 Å². The highest BCUT2D eigenvalue weighted by atomic mass is 16.2. The molecule has 0 radical (unpaired) electrons. The van der Waals surface area contributed by atoms with Gasteiger partial charge >= 0.3 is 0 Å². The Labute approximate surface area is 74.9 Å². The highest BCUT2D eigenvalue weighted by molar-refractivity contribution is 5.79. The molecule has 70 valence electrons. The van der Waals surface area contributed by atoms with Gasteiger partial charge in [0, 0.05) is 18.0 Å². The Morgan fingerprint density at radius 3 is 2.00 bits per heavy atom. The van der Waals surface area contributed by atoms with Crippen molar-refractivity contribution in [3.8, 4) is 0 Å². The lowest BCUT2D eigenvalue weighted by molar-refractivity contribution is -0.136. The Bertz CT molecular complexity index is 169. The van der Waals surface area contributed by atoms with Crippen LogP contribution in [0.5, 0.6) is 0 Å². The second-order valence-corrected chi connectivity index (χ2v) is 4.23. The van der Waals surface area contributed by atoms with Gasteiger partial charge in [0.1, 0.15) is 0 Å². The second kappa shape index (κ2) is 3.46. The molecule has 0 N–H and O–H groups in total. The standard InChI is InChI=1S/C10H19NO/c1-7(2)10(12)11(8(3)4)9-5-6-9/h7-9H,5-6H2,1-4H3. The van der Waals surface area contributed by atoms with Gasteiger partial charge < -0.3 is 4.90 Å². The van der Waals surface area contributed by atoms with Gasteiger partial charge in [-0.25, -0.2) is 0 Å². The van der Waals surface area contributed by atoms with E-state index in [1.807, 2.05) is 18.7 Å². The van der Waals surface area contributed by atoms with E-state index in [-0.39, 0.29) is 5.92 Å². The molecule has 0 saturated heterocycles. The summed E-state index contributed by atoms with van der Waals surface area (Å²) in [5.74, 6) is 0.459. The largest absolute Gasteiger partial charge is 0.337 e. The average molecular weight is 169 g/mol. The van der Waals surface area contributed by atoms with E-state index in [1.54, 1.807) is 0 Å². The van der Waals surface area contributed by atoms with Crippen molar-refractivity contribution in [1.82, 2.24) is 4.90 Å². The van der Waals surface area contributed by atoms with Crippen molar-refractivity contribution in [2.24, 2.45) is 5.92 Å². The van der Waals surface area contributed by atoms with Gasteiger partial charge in [-0.15, -0.1) is 0 Å². The topological polar surface area (TPSA) is 20.3 Å². The summed E-state index contributed by atoms with van der Waals surface area (Å²) in [4.78, 5) is 13.7. The van der Waals surface area contributed by atoms with Crippen LogP contribution in [-0.4, -0.2) is 22.9 Å². The Morgan fingerprint density at radius 2 is 1.75 bits per heavy atom. The predicted octanol–water partition coefficient (Wildman–Crippen LogP) is 2.04. The Balaban J connectivity index is 2.58. The van der Waals surface area contributed by atoms with Crippen LogP contribution in [-0.2, 0) is 4.79 Å². The van der Waals surface area contributed by atoms with Gasteiger partial charge in [0.05, 0.1) is 0 Å². The predicted molar refractivity (Wildman–Crippen MR) is 49.8 cm³/mol. The first-order valence-electron chi connectivity index (χ1n) is 4.86. The van der Waals surface area contributed by atoms with Crippen LogP contribution in [0.2, 0.25) is 0 Å². The zero-order valence-electron chi connectivity index (χ0n) is 8.50. The minimum Gasteiger partial charge on any atom is -0.337 e. The molecule has 1 fully saturated rings. The molecule has 1 amide bonds. The lowest BCUT2D eigenvalue weighted by Crippen LogP contribution is -2.41. The molecular weight excluding hydrogens is 150 g/mol. The minimum atomic E-state index is 0.146. The second-order valence-electron chi connectivity index (χ2n) is 4.23. The summed E-state index contributed by atoms with van der Waals surface area (Å²) < 4.78 is 0. The summed E-state index contributed by atoms with van der Waals surface area (Å²) in [6.45, 7) is 8.14. The zero-order valence-corrected chi connectivity index (χ0v) is 8.50. The summed E-state index contributed by atoms with van der Waals surface area (Å²) >= 11 is 0. The molecule has 0 aromatic carbocycles. The van der Waals surface area contributed by atoms with E-state index in [9.17, 15) is 4.79 Å². The lowest BCUT2D eigenvalue weighted by atomic mass is 10.1. The third-order valence-corrected chi connectivity index (χ3v) is 2.24. The van der Waals surface area contributed by atoms with E-state index >= 15 is 0 Å². The van der Waals surface area contributed by atoms with Crippen LogP contribution in [0, 0.1) is 5.92 Å². The third-order valence-electron chi connectivity index (χ3n) is 2.24. The van der Waals surface area contributed by atoms with Crippen molar-refractivity contribution in [3.63, 3.8) is 0 Å². The molecule has 2 heteroatoms. The molecule has 0 aromatic rings. The SMILES string of the molecule is CC(C)C(=O)N(C(C)C)C1CC1. The smallest absolute Gasteiger partial charge is 0.225 e. The number of nitrogens with zero attached hydrogens (tertiary/aromatic N) is 1. The minimum absolute atomic E-state index is 0.146.